The predicted octanol–water partition coefficient (Wildman–Crippen LogP) is 3.67. The lowest BCUT2D eigenvalue weighted by atomic mass is 9.84. The zero-order valence-corrected chi connectivity index (χ0v) is 13.5. The molecule has 2 rings (SSSR count). The average Bonchev–Trinajstić information content (AvgIpc) is 3.18. The highest BCUT2D eigenvalue weighted by Gasteiger charge is 2.34. The smallest absolute Gasteiger partial charge is 0.0128 e. The fourth-order valence-electron chi connectivity index (χ4n) is 2.95. The van der Waals surface area contributed by atoms with Crippen molar-refractivity contribution in [2.75, 3.05) is 19.6 Å². The second-order valence-corrected chi connectivity index (χ2v) is 7.83. The van der Waals surface area contributed by atoms with E-state index in [9.17, 15) is 0 Å². The first-order valence-electron chi connectivity index (χ1n) is 8.48. The van der Waals surface area contributed by atoms with E-state index >= 15 is 0 Å². The van der Waals surface area contributed by atoms with Crippen LogP contribution >= 0.6 is 0 Å². The monoisotopic (exact) mass is 266 g/mol. The van der Waals surface area contributed by atoms with Crippen molar-refractivity contribution >= 4 is 0 Å². The Morgan fingerprint density at radius 1 is 1.16 bits per heavy atom. The lowest BCUT2D eigenvalue weighted by molar-refractivity contribution is 0.194. The third-order valence-electron chi connectivity index (χ3n) is 4.64. The maximum Gasteiger partial charge on any atom is 0.0128 e. The van der Waals surface area contributed by atoms with Gasteiger partial charge < -0.3 is 10.2 Å². The van der Waals surface area contributed by atoms with Crippen molar-refractivity contribution in [2.24, 2.45) is 11.3 Å². The van der Waals surface area contributed by atoms with Gasteiger partial charge in [-0.1, -0.05) is 27.7 Å². The molecular formula is C17H34N2. The molecule has 2 fully saturated rings. The van der Waals surface area contributed by atoms with Crippen molar-refractivity contribution in [1.29, 1.82) is 0 Å². The summed E-state index contributed by atoms with van der Waals surface area (Å²) in [4.78, 5) is 2.80. The molecule has 2 heteroatoms. The lowest BCUT2D eigenvalue weighted by Gasteiger charge is -2.34. The van der Waals surface area contributed by atoms with Gasteiger partial charge in [0.15, 0.2) is 0 Å². The largest absolute Gasteiger partial charge is 0.313 e. The molecule has 0 radical (unpaired) electrons. The summed E-state index contributed by atoms with van der Waals surface area (Å²) < 4.78 is 0. The van der Waals surface area contributed by atoms with Gasteiger partial charge in [0, 0.05) is 18.6 Å². The van der Waals surface area contributed by atoms with Crippen LogP contribution in [0.15, 0.2) is 0 Å². The molecule has 0 aromatic carbocycles. The van der Waals surface area contributed by atoms with Crippen LogP contribution < -0.4 is 5.32 Å². The summed E-state index contributed by atoms with van der Waals surface area (Å²) in [5.41, 5.74) is 0.379. The first-order chi connectivity index (χ1) is 9.00. The second kappa shape index (κ2) is 6.58. The van der Waals surface area contributed by atoms with Crippen molar-refractivity contribution in [3.63, 3.8) is 0 Å². The summed E-state index contributed by atoms with van der Waals surface area (Å²) >= 11 is 0. The first-order valence-corrected chi connectivity index (χ1v) is 8.48. The number of rotatable bonds is 9. The van der Waals surface area contributed by atoms with Crippen molar-refractivity contribution in [1.82, 2.24) is 10.2 Å². The molecule has 2 aliphatic carbocycles. The predicted molar refractivity (Wildman–Crippen MR) is 83.5 cm³/mol. The molecule has 112 valence electrons. The van der Waals surface area contributed by atoms with E-state index in [0.29, 0.717) is 11.5 Å². The Labute approximate surface area is 120 Å². The van der Waals surface area contributed by atoms with Crippen molar-refractivity contribution < 1.29 is 0 Å². The lowest BCUT2D eigenvalue weighted by Crippen LogP contribution is -2.43. The molecule has 0 aromatic heterocycles. The molecule has 2 saturated carbocycles. The van der Waals surface area contributed by atoms with Gasteiger partial charge in [-0.3, -0.25) is 0 Å². The highest BCUT2D eigenvalue weighted by molar-refractivity contribution is 4.90. The molecule has 0 spiro atoms. The highest BCUT2D eigenvalue weighted by atomic mass is 15.2. The summed E-state index contributed by atoms with van der Waals surface area (Å²) in [6, 6.07) is 1.60. The molecule has 0 aromatic rings. The molecule has 0 amide bonds. The van der Waals surface area contributed by atoms with Crippen LogP contribution in [0.1, 0.15) is 66.2 Å². The van der Waals surface area contributed by atoms with Gasteiger partial charge in [0.05, 0.1) is 0 Å². The van der Waals surface area contributed by atoms with Gasteiger partial charge in [-0.25, -0.2) is 0 Å². The zero-order valence-electron chi connectivity index (χ0n) is 13.5. The van der Waals surface area contributed by atoms with Gasteiger partial charge in [0.1, 0.15) is 0 Å². The third-order valence-corrected chi connectivity index (χ3v) is 4.64. The van der Waals surface area contributed by atoms with Gasteiger partial charge in [0.25, 0.3) is 0 Å². The Hall–Kier alpha value is -0.0800. The Bertz CT molecular complexity index is 261. The van der Waals surface area contributed by atoms with E-state index < -0.39 is 0 Å². The molecule has 19 heavy (non-hydrogen) atoms. The molecule has 2 nitrogen and oxygen atoms in total. The summed E-state index contributed by atoms with van der Waals surface area (Å²) in [5, 5.41) is 3.77. The number of hydrogen-bond acceptors (Lipinski definition) is 2. The van der Waals surface area contributed by atoms with Crippen LogP contribution in [0.25, 0.3) is 0 Å². The van der Waals surface area contributed by atoms with E-state index in [0.717, 1.165) is 18.5 Å². The quantitative estimate of drug-likeness (QED) is 0.685. The van der Waals surface area contributed by atoms with E-state index in [1.807, 2.05) is 0 Å². The second-order valence-electron chi connectivity index (χ2n) is 7.83. The van der Waals surface area contributed by atoms with Gasteiger partial charge in [-0.2, -0.15) is 0 Å². The minimum absolute atomic E-state index is 0.379. The topological polar surface area (TPSA) is 15.3 Å². The number of hydrogen-bond donors (Lipinski definition) is 1. The molecule has 1 N–H and O–H groups in total. The standard InChI is InChI=1S/C17H34N2/c1-5-11-18-16(17(2,3)4)10-12-19(15-8-9-15)13-14-6-7-14/h14-16,18H,5-13H2,1-4H3. The van der Waals surface area contributed by atoms with Crippen LogP contribution in [-0.4, -0.2) is 36.6 Å². The third kappa shape index (κ3) is 5.43. The Kier molecular flexibility index (Phi) is 5.30. The molecule has 0 aliphatic heterocycles. The fourth-order valence-corrected chi connectivity index (χ4v) is 2.95. The maximum absolute atomic E-state index is 3.77. The summed E-state index contributed by atoms with van der Waals surface area (Å²) in [6.45, 7) is 13.2. The minimum Gasteiger partial charge on any atom is -0.313 e. The summed E-state index contributed by atoms with van der Waals surface area (Å²) in [5.74, 6) is 1.04. The molecular weight excluding hydrogens is 232 g/mol. The maximum atomic E-state index is 3.77. The Morgan fingerprint density at radius 3 is 2.32 bits per heavy atom. The summed E-state index contributed by atoms with van der Waals surface area (Å²) in [7, 11) is 0. The van der Waals surface area contributed by atoms with Crippen LogP contribution in [0.2, 0.25) is 0 Å². The van der Waals surface area contributed by atoms with Crippen LogP contribution in [0, 0.1) is 11.3 Å². The molecule has 1 unspecified atom stereocenters. The van der Waals surface area contributed by atoms with Crippen LogP contribution in [0.5, 0.6) is 0 Å². The highest BCUT2D eigenvalue weighted by Crippen LogP contribution is 2.35. The normalized spacial score (nSPS) is 21.9. The molecule has 0 saturated heterocycles. The van der Waals surface area contributed by atoms with E-state index in [4.69, 9.17) is 0 Å². The van der Waals surface area contributed by atoms with Gasteiger partial charge in [-0.05, 0) is 62.9 Å². The van der Waals surface area contributed by atoms with E-state index in [1.165, 1.54) is 51.6 Å². The van der Waals surface area contributed by atoms with Gasteiger partial charge in [-0.15, -0.1) is 0 Å². The molecule has 1 atom stereocenters. The first kappa shape index (κ1) is 15.3. The average molecular weight is 266 g/mol. The molecule has 0 bridgehead atoms. The Morgan fingerprint density at radius 2 is 1.84 bits per heavy atom. The molecule has 2 aliphatic rings. The minimum atomic E-state index is 0.379. The zero-order chi connectivity index (χ0) is 13.9. The van der Waals surface area contributed by atoms with Crippen molar-refractivity contribution in [2.45, 2.75) is 78.3 Å². The van der Waals surface area contributed by atoms with E-state index in [-0.39, 0.29) is 0 Å². The summed E-state index contributed by atoms with van der Waals surface area (Å²) in [6.07, 6.45) is 8.43. The SMILES string of the molecule is CCCNC(CCN(CC1CC1)C1CC1)C(C)(C)C. The van der Waals surface area contributed by atoms with Crippen molar-refractivity contribution in [3.8, 4) is 0 Å². The van der Waals surface area contributed by atoms with E-state index in [1.54, 1.807) is 0 Å². The Balaban J connectivity index is 1.77. The number of nitrogens with one attached hydrogen (secondary N) is 1. The van der Waals surface area contributed by atoms with Crippen LogP contribution in [0.4, 0.5) is 0 Å². The van der Waals surface area contributed by atoms with Crippen LogP contribution in [0.3, 0.4) is 0 Å². The fraction of sp³-hybridized carbons (Fsp3) is 1.00. The van der Waals surface area contributed by atoms with E-state index in [2.05, 4.69) is 37.9 Å². The van der Waals surface area contributed by atoms with Gasteiger partial charge >= 0.3 is 0 Å². The number of nitrogens with zero attached hydrogens (tertiary/aromatic N) is 1. The molecule has 0 heterocycles. The van der Waals surface area contributed by atoms with Crippen LogP contribution in [-0.2, 0) is 0 Å². The van der Waals surface area contributed by atoms with Crippen molar-refractivity contribution in [3.05, 3.63) is 0 Å². The van der Waals surface area contributed by atoms with Gasteiger partial charge in [0.2, 0.25) is 0 Å².